The van der Waals surface area contributed by atoms with E-state index in [4.69, 9.17) is 0 Å². The van der Waals surface area contributed by atoms with E-state index in [1.165, 1.54) is 4.43 Å². The summed E-state index contributed by atoms with van der Waals surface area (Å²) >= 11 is 2.29. The first kappa shape index (κ1) is 7.94. The zero-order valence-corrected chi connectivity index (χ0v) is 6.92. The molecule has 0 saturated heterocycles. The first-order chi connectivity index (χ1) is 3.91. The molecule has 2 nitrogen and oxygen atoms in total. The minimum Gasteiger partial charge on any atom is -0.351 e. The lowest BCUT2D eigenvalue weighted by Crippen LogP contribution is -1.44. The summed E-state index contributed by atoms with van der Waals surface area (Å²) < 4.78 is 1.22. The molecule has 0 saturated carbocycles. The lowest BCUT2D eigenvalue weighted by atomic mass is 11.0. The van der Waals surface area contributed by atoms with Gasteiger partial charge in [0.15, 0.2) is 0 Å². The van der Waals surface area contributed by atoms with Crippen LogP contribution in [-0.4, -0.2) is 14.4 Å². The average molecular weight is 224 g/mol. The second-order valence-corrected chi connectivity index (χ2v) is 2.55. The summed E-state index contributed by atoms with van der Waals surface area (Å²) in [6.45, 7) is 2.11. The van der Waals surface area contributed by atoms with Crippen molar-refractivity contribution < 1.29 is 0 Å². The molecule has 0 aliphatic rings. The van der Waals surface area contributed by atoms with Crippen molar-refractivity contribution in [2.45, 2.75) is 6.92 Å². The number of halogens is 1. The minimum atomic E-state index is 1.22. The Labute approximate surface area is 62.9 Å². The molecule has 0 spiro atoms. The fourth-order valence-corrected chi connectivity index (χ4v) is 0.215. The number of nitrogens with zero attached hydrogens (tertiary/aromatic N) is 1. The summed E-state index contributed by atoms with van der Waals surface area (Å²) in [6.07, 6.45) is 5.08. The van der Waals surface area contributed by atoms with Gasteiger partial charge in [-0.3, -0.25) is 0 Å². The summed E-state index contributed by atoms with van der Waals surface area (Å²) in [6, 6.07) is 0. The molecule has 0 fully saturated rings. The van der Waals surface area contributed by atoms with Gasteiger partial charge in [0, 0.05) is 12.4 Å². The van der Waals surface area contributed by atoms with Gasteiger partial charge < -0.3 is 4.98 Å². The molecule has 1 aromatic rings. The van der Waals surface area contributed by atoms with Crippen LogP contribution in [-0.2, 0) is 0 Å². The van der Waals surface area contributed by atoms with E-state index in [1.807, 2.05) is 0 Å². The van der Waals surface area contributed by atoms with Gasteiger partial charge in [-0.05, 0) is 4.43 Å². The molecule has 0 aliphatic carbocycles. The molecule has 1 heterocycles. The number of hydrogen-bond donors (Lipinski definition) is 1. The van der Waals surface area contributed by atoms with Crippen LogP contribution in [0.2, 0.25) is 0 Å². The third kappa shape index (κ3) is 5.94. The Morgan fingerprint density at radius 2 is 2.38 bits per heavy atom. The quantitative estimate of drug-likeness (QED) is 0.528. The van der Waals surface area contributed by atoms with Crippen LogP contribution in [0, 0.1) is 0 Å². The molecule has 1 rings (SSSR count). The van der Waals surface area contributed by atoms with E-state index >= 15 is 0 Å². The van der Waals surface area contributed by atoms with Crippen LogP contribution in [0.15, 0.2) is 18.7 Å². The Morgan fingerprint density at radius 3 is 2.50 bits per heavy atom. The monoisotopic (exact) mass is 224 g/mol. The molecule has 0 aromatic carbocycles. The molecule has 0 amide bonds. The van der Waals surface area contributed by atoms with Crippen molar-refractivity contribution in [2.24, 2.45) is 0 Å². The Hall–Kier alpha value is -0.0600. The average Bonchev–Trinajstić information content (AvgIpc) is 2.17. The van der Waals surface area contributed by atoms with E-state index in [-0.39, 0.29) is 0 Å². The van der Waals surface area contributed by atoms with Gasteiger partial charge >= 0.3 is 0 Å². The second-order valence-electron chi connectivity index (χ2n) is 1.03. The van der Waals surface area contributed by atoms with Crippen LogP contribution in [0.3, 0.4) is 0 Å². The number of rotatable bonds is 0. The fraction of sp³-hybridized carbons (Fsp3) is 0.400. The Bertz CT molecular complexity index is 77.3. The van der Waals surface area contributed by atoms with Crippen molar-refractivity contribution in [3.05, 3.63) is 18.7 Å². The molecule has 0 radical (unpaired) electrons. The third-order valence-corrected chi connectivity index (χ3v) is 0.406. The highest BCUT2D eigenvalue weighted by molar-refractivity contribution is 14.1. The Kier molecular flexibility index (Phi) is 6.89. The van der Waals surface area contributed by atoms with Gasteiger partial charge in [0.1, 0.15) is 0 Å². The summed E-state index contributed by atoms with van der Waals surface area (Å²) in [5.41, 5.74) is 0. The molecule has 8 heavy (non-hydrogen) atoms. The number of alkyl halides is 1. The zero-order valence-electron chi connectivity index (χ0n) is 4.76. The molecule has 0 atom stereocenters. The van der Waals surface area contributed by atoms with E-state index in [2.05, 4.69) is 39.5 Å². The van der Waals surface area contributed by atoms with Crippen molar-refractivity contribution in [1.82, 2.24) is 9.97 Å². The van der Waals surface area contributed by atoms with Gasteiger partial charge in [0.25, 0.3) is 0 Å². The highest BCUT2D eigenvalue weighted by atomic mass is 127. The van der Waals surface area contributed by atoms with Crippen LogP contribution in [0.4, 0.5) is 0 Å². The maximum absolute atomic E-state index is 3.67. The summed E-state index contributed by atoms with van der Waals surface area (Å²) in [5, 5.41) is 0. The SMILES string of the molecule is CCI.c1c[nH]cn1. The zero-order chi connectivity index (χ0) is 6.24. The highest BCUT2D eigenvalue weighted by Crippen LogP contribution is 1.69. The van der Waals surface area contributed by atoms with E-state index in [1.54, 1.807) is 18.7 Å². The highest BCUT2D eigenvalue weighted by Gasteiger charge is 1.56. The second kappa shape index (κ2) is 6.94. The van der Waals surface area contributed by atoms with E-state index < -0.39 is 0 Å². The Morgan fingerprint density at radius 1 is 1.75 bits per heavy atom. The molecule has 1 N–H and O–H groups in total. The van der Waals surface area contributed by atoms with Crippen LogP contribution in [0.1, 0.15) is 6.92 Å². The molecular formula is C5H9IN2. The molecule has 46 valence electrons. The normalized spacial score (nSPS) is 7.25. The van der Waals surface area contributed by atoms with E-state index in [0.29, 0.717) is 0 Å². The predicted octanol–water partition coefficient (Wildman–Crippen LogP) is 1.85. The molecule has 0 bridgehead atoms. The first-order valence-corrected chi connectivity index (χ1v) is 3.93. The van der Waals surface area contributed by atoms with Gasteiger partial charge in [-0.15, -0.1) is 0 Å². The van der Waals surface area contributed by atoms with E-state index in [0.717, 1.165) is 0 Å². The molecule has 0 aliphatic heterocycles. The number of imidazole rings is 1. The number of aromatic amines is 1. The lowest BCUT2D eigenvalue weighted by molar-refractivity contribution is 1.31. The first-order valence-electron chi connectivity index (χ1n) is 2.40. The van der Waals surface area contributed by atoms with Gasteiger partial charge in [0.05, 0.1) is 6.33 Å². The Balaban J connectivity index is 0.000000145. The summed E-state index contributed by atoms with van der Waals surface area (Å²) in [5.74, 6) is 0. The number of hydrogen-bond acceptors (Lipinski definition) is 1. The lowest BCUT2D eigenvalue weighted by Gasteiger charge is -1.46. The fourth-order valence-electron chi connectivity index (χ4n) is 0.215. The number of aromatic nitrogens is 2. The van der Waals surface area contributed by atoms with Crippen LogP contribution in [0.25, 0.3) is 0 Å². The summed E-state index contributed by atoms with van der Waals surface area (Å²) in [4.78, 5) is 6.42. The number of H-pyrrole nitrogens is 1. The predicted molar refractivity (Wildman–Crippen MR) is 43.1 cm³/mol. The van der Waals surface area contributed by atoms with Crippen molar-refractivity contribution in [3.8, 4) is 0 Å². The van der Waals surface area contributed by atoms with Gasteiger partial charge in [-0.25, -0.2) is 4.98 Å². The molecule has 1 aromatic heterocycles. The van der Waals surface area contributed by atoms with Crippen LogP contribution >= 0.6 is 22.6 Å². The largest absolute Gasteiger partial charge is 0.351 e. The smallest absolute Gasteiger partial charge is 0.0919 e. The molecule has 3 heteroatoms. The van der Waals surface area contributed by atoms with Crippen molar-refractivity contribution >= 4 is 22.6 Å². The van der Waals surface area contributed by atoms with Crippen molar-refractivity contribution in [2.75, 3.05) is 4.43 Å². The minimum absolute atomic E-state index is 1.22. The maximum Gasteiger partial charge on any atom is 0.0919 e. The molecule has 0 unspecified atom stereocenters. The number of nitrogens with one attached hydrogen (secondary N) is 1. The van der Waals surface area contributed by atoms with Crippen molar-refractivity contribution in [3.63, 3.8) is 0 Å². The van der Waals surface area contributed by atoms with Gasteiger partial charge in [-0.2, -0.15) is 0 Å². The van der Waals surface area contributed by atoms with Crippen molar-refractivity contribution in [1.29, 1.82) is 0 Å². The molecular weight excluding hydrogens is 215 g/mol. The maximum atomic E-state index is 3.67. The topological polar surface area (TPSA) is 28.7 Å². The van der Waals surface area contributed by atoms with Crippen LogP contribution in [0.5, 0.6) is 0 Å². The van der Waals surface area contributed by atoms with Crippen LogP contribution < -0.4 is 0 Å². The summed E-state index contributed by atoms with van der Waals surface area (Å²) in [7, 11) is 0. The standard InChI is InChI=1S/C3H4N2.C2H5I/c1-2-5-3-4-1;1-2-3/h1-3H,(H,4,5);2H2,1H3. The van der Waals surface area contributed by atoms with Gasteiger partial charge in [0.2, 0.25) is 0 Å². The van der Waals surface area contributed by atoms with Gasteiger partial charge in [-0.1, -0.05) is 29.5 Å². The third-order valence-electron chi connectivity index (χ3n) is 0.406. The van der Waals surface area contributed by atoms with E-state index in [9.17, 15) is 0 Å².